The fraction of sp³-hybridized carbons (Fsp3) is 0.571. The summed E-state index contributed by atoms with van der Waals surface area (Å²) in [6, 6.07) is -0.570. The third-order valence-corrected chi connectivity index (χ3v) is 1.66. The van der Waals surface area contributed by atoms with Gasteiger partial charge in [0.2, 0.25) is 0 Å². The number of hydrazone groups is 1. The van der Waals surface area contributed by atoms with Gasteiger partial charge >= 0.3 is 11.9 Å². The molecule has 0 unspecified atom stereocenters. The lowest BCUT2D eigenvalue weighted by molar-refractivity contribution is -0.142. The molecule has 0 amide bonds. The van der Waals surface area contributed by atoms with Crippen molar-refractivity contribution >= 4 is 17.7 Å². The maximum atomic E-state index is 11.0. The van der Waals surface area contributed by atoms with E-state index in [1.165, 1.54) is 14.2 Å². The van der Waals surface area contributed by atoms with Crippen molar-refractivity contribution in [2.24, 2.45) is 5.10 Å². The number of carbonyl (C=O) groups is 2. The topological polar surface area (TPSA) is 77.0 Å². The normalized spacial score (nSPS) is 20.2. The molecule has 0 aromatic carbocycles. The van der Waals surface area contributed by atoms with Crippen molar-refractivity contribution in [1.29, 1.82) is 0 Å². The van der Waals surface area contributed by atoms with E-state index in [1.807, 2.05) is 0 Å². The van der Waals surface area contributed by atoms with Gasteiger partial charge in [-0.25, -0.2) is 9.59 Å². The number of nitrogens with one attached hydrogen (secondary N) is 1. The number of methoxy groups -OCH3 is 2. The summed E-state index contributed by atoms with van der Waals surface area (Å²) in [6.45, 7) is 0. The molecule has 72 valence electrons. The predicted octanol–water partition coefficient (Wildman–Crippen LogP) is -0.950. The minimum absolute atomic E-state index is 0.206. The molecule has 0 aliphatic carbocycles. The highest BCUT2D eigenvalue weighted by Crippen LogP contribution is 2.05. The zero-order valence-corrected chi connectivity index (χ0v) is 7.36. The molecule has 0 aromatic rings. The third-order valence-electron chi connectivity index (χ3n) is 1.66. The van der Waals surface area contributed by atoms with Gasteiger partial charge in [0.25, 0.3) is 0 Å². The predicted molar refractivity (Wildman–Crippen MR) is 43.0 cm³/mol. The average molecular weight is 186 g/mol. The number of nitrogens with zero attached hydrogens (tertiary/aromatic N) is 1. The molecule has 1 heterocycles. The standard InChI is InChI=1S/C7H10N2O4/c1-12-6(10)4-3-5(9-8-4)7(11)13-2/h4,8H,3H2,1-2H3/t4-/m1/s1. The van der Waals surface area contributed by atoms with Gasteiger partial charge in [-0.05, 0) is 0 Å². The van der Waals surface area contributed by atoms with Crippen LogP contribution in [0.1, 0.15) is 6.42 Å². The van der Waals surface area contributed by atoms with Crippen molar-refractivity contribution in [3.63, 3.8) is 0 Å². The molecule has 0 radical (unpaired) electrons. The summed E-state index contributed by atoms with van der Waals surface area (Å²) in [5.74, 6) is -0.971. The minimum atomic E-state index is -0.570. The maximum Gasteiger partial charge on any atom is 0.354 e. The van der Waals surface area contributed by atoms with Gasteiger partial charge in [0, 0.05) is 6.42 Å². The van der Waals surface area contributed by atoms with E-state index in [-0.39, 0.29) is 12.1 Å². The highest BCUT2D eigenvalue weighted by Gasteiger charge is 2.29. The molecular weight excluding hydrogens is 176 g/mol. The summed E-state index contributed by atoms with van der Waals surface area (Å²) in [4.78, 5) is 21.9. The lowest BCUT2D eigenvalue weighted by Crippen LogP contribution is -2.31. The molecule has 6 heteroatoms. The number of carbonyl (C=O) groups excluding carboxylic acids is 2. The lowest BCUT2D eigenvalue weighted by Gasteiger charge is -2.05. The van der Waals surface area contributed by atoms with E-state index >= 15 is 0 Å². The molecule has 0 fully saturated rings. The molecule has 1 N–H and O–H groups in total. The molecule has 0 bridgehead atoms. The molecule has 6 nitrogen and oxygen atoms in total. The van der Waals surface area contributed by atoms with Crippen LogP contribution in [0.15, 0.2) is 5.10 Å². The van der Waals surface area contributed by atoms with Crippen LogP contribution >= 0.6 is 0 Å². The first-order valence-corrected chi connectivity index (χ1v) is 3.67. The second kappa shape index (κ2) is 3.88. The number of esters is 2. The number of hydrogen-bond acceptors (Lipinski definition) is 6. The number of hydrogen-bond donors (Lipinski definition) is 1. The Bertz CT molecular complexity index is 261. The fourth-order valence-corrected chi connectivity index (χ4v) is 0.966. The van der Waals surface area contributed by atoms with Gasteiger partial charge in [0.1, 0.15) is 11.8 Å². The zero-order valence-electron chi connectivity index (χ0n) is 7.36. The molecular formula is C7H10N2O4. The Morgan fingerprint density at radius 3 is 2.69 bits per heavy atom. The van der Waals surface area contributed by atoms with Crippen molar-refractivity contribution in [3.8, 4) is 0 Å². The van der Waals surface area contributed by atoms with Crippen LogP contribution in [0.5, 0.6) is 0 Å². The van der Waals surface area contributed by atoms with Crippen LogP contribution in [-0.2, 0) is 19.1 Å². The second-order valence-electron chi connectivity index (χ2n) is 2.46. The second-order valence-corrected chi connectivity index (χ2v) is 2.46. The molecule has 0 spiro atoms. The van der Waals surface area contributed by atoms with Crippen LogP contribution in [0.2, 0.25) is 0 Å². The first-order chi connectivity index (χ1) is 6.19. The van der Waals surface area contributed by atoms with Gasteiger partial charge in [-0.3, -0.25) is 5.43 Å². The van der Waals surface area contributed by atoms with Crippen LogP contribution in [0.4, 0.5) is 0 Å². The quantitative estimate of drug-likeness (QED) is 0.562. The summed E-state index contributed by atoms with van der Waals surface area (Å²) < 4.78 is 8.90. The third kappa shape index (κ3) is 1.95. The number of ether oxygens (including phenoxy) is 2. The van der Waals surface area contributed by atoms with Crippen molar-refractivity contribution in [2.45, 2.75) is 12.5 Å². The largest absolute Gasteiger partial charge is 0.467 e. The first-order valence-electron chi connectivity index (χ1n) is 3.67. The SMILES string of the molecule is COC(=O)C1=NN[C@@H](C(=O)OC)C1. The first kappa shape index (κ1) is 9.50. The van der Waals surface area contributed by atoms with E-state index in [0.29, 0.717) is 0 Å². The van der Waals surface area contributed by atoms with Gasteiger partial charge in [0.05, 0.1) is 14.2 Å². The Kier molecular flexibility index (Phi) is 2.84. The van der Waals surface area contributed by atoms with Gasteiger partial charge in [-0.15, -0.1) is 0 Å². The van der Waals surface area contributed by atoms with Gasteiger partial charge < -0.3 is 9.47 Å². The molecule has 1 aliphatic rings. The molecule has 1 aliphatic heterocycles. The minimum Gasteiger partial charge on any atom is -0.467 e. The summed E-state index contributed by atoms with van der Waals surface area (Å²) in [6.07, 6.45) is 0.208. The molecule has 0 aromatic heterocycles. The van der Waals surface area contributed by atoms with Gasteiger partial charge in [-0.2, -0.15) is 5.10 Å². The lowest BCUT2D eigenvalue weighted by atomic mass is 10.1. The molecule has 0 saturated heterocycles. The monoisotopic (exact) mass is 186 g/mol. The maximum absolute atomic E-state index is 11.0. The Hall–Kier alpha value is -1.59. The van der Waals surface area contributed by atoms with E-state index < -0.39 is 18.0 Å². The molecule has 13 heavy (non-hydrogen) atoms. The van der Waals surface area contributed by atoms with Crippen molar-refractivity contribution < 1.29 is 19.1 Å². The Labute approximate surface area is 74.9 Å². The molecule has 0 saturated carbocycles. The zero-order chi connectivity index (χ0) is 9.84. The highest BCUT2D eigenvalue weighted by atomic mass is 16.5. The smallest absolute Gasteiger partial charge is 0.354 e. The Morgan fingerprint density at radius 1 is 1.46 bits per heavy atom. The summed E-state index contributed by atoms with van der Waals surface area (Å²) in [7, 11) is 2.54. The van der Waals surface area contributed by atoms with E-state index in [2.05, 4.69) is 20.0 Å². The van der Waals surface area contributed by atoms with Crippen LogP contribution in [0, 0.1) is 0 Å². The van der Waals surface area contributed by atoms with Crippen molar-refractivity contribution in [2.75, 3.05) is 14.2 Å². The van der Waals surface area contributed by atoms with Crippen LogP contribution in [0.25, 0.3) is 0 Å². The average Bonchev–Trinajstić information content (AvgIpc) is 2.64. The van der Waals surface area contributed by atoms with E-state index in [4.69, 9.17) is 0 Å². The molecule has 1 rings (SSSR count). The summed E-state index contributed by atoms with van der Waals surface area (Å²) in [5.41, 5.74) is 2.69. The van der Waals surface area contributed by atoms with E-state index in [0.717, 1.165) is 0 Å². The van der Waals surface area contributed by atoms with Crippen LogP contribution in [-0.4, -0.2) is 37.9 Å². The summed E-state index contributed by atoms with van der Waals surface area (Å²) in [5, 5.41) is 3.65. The number of rotatable bonds is 2. The van der Waals surface area contributed by atoms with Crippen LogP contribution < -0.4 is 5.43 Å². The van der Waals surface area contributed by atoms with Crippen molar-refractivity contribution in [1.82, 2.24) is 5.43 Å². The van der Waals surface area contributed by atoms with Crippen molar-refractivity contribution in [3.05, 3.63) is 0 Å². The van der Waals surface area contributed by atoms with Gasteiger partial charge in [-0.1, -0.05) is 0 Å². The van der Waals surface area contributed by atoms with Gasteiger partial charge in [0.15, 0.2) is 0 Å². The Morgan fingerprint density at radius 2 is 2.15 bits per heavy atom. The Balaban J connectivity index is 2.51. The highest BCUT2D eigenvalue weighted by molar-refractivity contribution is 6.37. The van der Waals surface area contributed by atoms with E-state index in [1.54, 1.807) is 0 Å². The summed E-state index contributed by atoms with van der Waals surface area (Å²) >= 11 is 0. The van der Waals surface area contributed by atoms with E-state index in [9.17, 15) is 9.59 Å². The molecule has 1 atom stereocenters. The van der Waals surface area contributed by atoms with Crippen LogP contribution in [0.3, 0.4) is 0 Å². The fourth-order valence-electron chi connectivity index (χ4n) is 0.966.